The summed E-state index contributed by atoms with van der Waals surface area (Å²) in [5, 5.41) is 17.3. The number of methoxy groups -OCH3 is 1. The van der Waals surface area contributed by atoms with Crippen LogP contribution in [-0.4, -0.2) is 22.8 Å². The predicted molar refractivity (Wildman–Crippen MR) is 109 cm³/mol. The van der Waals surface area contributed by atoms with Crippen LogP contribution in [0.2, 0.25) is 0 Å². The van der Waals surface area contributed by atoms with Crippen LogP contribution < -0.4 is 14.8 Å². The normalized spacial score (nSPS) is 12.7. The van der Waals surface area contributed by atoms with Crippen molar-refractivity contribution in [3.8, 4) is 17.6 Å². The van der Waals surface area contributed by atoms with Gasteiger partial charge in [-0.25, -0.2) is 4.68 Å². The zero-order valence-corrected chi connectivity index (χ0v) is 16.8. The summed E-state index contributed by atoms with van der Waals surface area (Å²) in [6, 6.07) is 11.1. The first-order valence-corrected chi connectivity index (χ1v) is 10.2. The van der Waals surface area contributed by atoms with Crippen molar-refractivity contribution in [2.45, 2.75) is 32.4 Å². The number of aromatic nitrogens is 2. The maximum atomic E-state index is 12.6. The monoisotopic (exact) mass is 408 g/mol. The number of ether oxygens (including phenoxy) is 2. The highest BCUT2D eigenvalue weighted by Crippen LogP contribution is 2.37. The molecule has 2 aromatic heterocycles. The van der Waals surface area contributed by atoms with Gasteiger partial charge in [0.2, 0.25) is 0 Å². The Bertz CT molecular complexity index is 1060. The second-order valence-electron chi connectivity index (χ2n) is 6.67. The minimum atomic E-state index is -0.330. The summed E-state index contributed by atoms with van der Waals surface area (Å²) in [7, 11) is 1.61. The number of aryl methyl sites for hydroxylation is 1. The van der Waals surface area contributed by atoms with Crippen molar-refractivity contribution in [1.29, 1.82) is 5.26 Å². The number of anilines is 1. The molecule has 7 nitrogen and oxygen atoms in total. The molecule has 8 heteroatoms. The van der Waals surface area contributed by atoms with Gasteiger partial charge in [0.1, 0.15) is 22.6 Å². The first-order chi connectivity index (χ1) is 14.2. The van der Waals surface area contributed by atoms with Crippen molar-refractivity contribution in [3.63, 3.8) is 0 Å². The summed E-state index contributed by atoms with van der Waals surface area (Å²) in [5.41, 5.74) is 1.97. The van der Waals surface area contributed by atoms with Crippen LogP contribution in [0.4, 0.5) is 5.00 Å². The van der Waals surface area contributed by atoms with E-state index in [0.29, 0.717) is 16.3 Å². The zero-order chi connectivity index (χ0) is 20.2. The highest BCUT2D eigenvalue weighted by Gasteiger charge is 2.22. The summed E-state index contributed by atoms with van der Waals surface area (Å²) in [6.45, 7) is 0.177. The van der Waals surface area contributed by atoms with E-state index in [1.807, 2.05) is 12.1 Å². The number of rotatable bonds is 6. The van der Waals surface area contributed by atoms with E-state index in [1.54, 1.807) is 36.2 Å². The highest BCUT2D eigenvalue weighted by atomic mass is 32.1. The zero-order valence-electron chi connectivity index (χ0n) is 16.0. The second-order valence-corrected chi connectivity index (χ2v) is 7.78. The number of fused-ring (bicyclic) bond motifs is 1. The fraction of sp³-hybridized carbons (Fsp3) is 0.286. The molecule has 0 radical (unpaired) electrons. The lowest BCUT2D eigenvalue weighted by molar-refractivity contribution is 0.102. The molecule has 4 rings (SSSR count). The molecule has 0 aliphatic heterocycles. The number of amides is 1. The van der Waals surface area contributed by atoms with Gasteiger partial charge in [-0.3, -0.25) is 4.79 Å². The third-order valence-corrected chi connectivity index (χ3v) is 6.01. The van der Waals surface area contributed by atoms with E-state index in [0.717, 1.165) is 37.0 Å². The Morgan fingerprint density at radius 2 is 2.00 bits per heavy atom. The third-order valence-electron chi connectivity index (χ3n) is 4.81. The number of carbonyl (C=O) groups excluding carboxylic acids is 1. The van der Waals surface area contributed by atoms with Crippen molar-refractivity contribution in [3.05, 3.63) is 58.2 Å². The van der Waals surface area contributed by atoms with E-state index in [2.05, 4.69) is 16.5 Å². The SMILES string of the molecule is COc1ccc(OCn2ccc(C(=O)Nc3sc4c(c3C#N)CCCC4)n2)cc1. The van der Waals surface area contributed by atoms with Crippen LogP contribution in [0, 0.1) is 11.3 Å². The van der Waals surface area contributed by atoms with E-state index in [-0.39, 0.29) is 18.3 Å². The Balaban J connectivity index is 1.41. The molecule has 2 heterocycles. The summed E-state index contributed by atoms with van der Waals surface area (Å²) >= 11 is 1.50. The molecule has 0 saturated heterocycles. The Kier molecular flexibility index (Phi) is 5.49. The Labute approximate surface area is 172 Å². The molecular formula is C21H20N4O3S. The van der Waals surface area contributed by atoms with Gasteiger partial charge in [-0.15, -0.1) is 11.3 Å². The van der Waals surface area contributed by atoms with Gasteiger partial charge < -0.3 is 14.8 Å². The van der Waals surface area contributed by atoms with Gasteiger partial charge >= 0.3 is 0 Å². The van der Waals surface area contributed by atoms with Gasteiger partial charge in [0.25, 0.3) is 5.91 Å². The lowest BCUT2D eigenvalue weighted by Crippen LogP contribution is -2.14. The maximum absolute atomic E-state index is 12.6. The molecule has 0 bridgehead atoms. The molecule has 1 aliphatic carbocycles. The van der Waals surface area contributed by atoms with Crippen LogP contribution in [-0.2, 0) is 19.6 Å². The Morgan fingerprint density at radius 3 is 2.76 bits per heavy atom. The van der Waals surface area contributed by atoms with Crippen molar-refractivity contribution in [2.75, 3.05) is 12.4 Å². The number of nitriles is 1. The van der Waals surface area contributed by atoms with Crippen molar-refractivity contribution >= 4 is 22.2 Å². The summed E-state index contributed by atoms with van der Waals surface area (Å²) in [4.78, 5) is 13.8. The molecule has 0 fully saturated rings. The number of carbonyl (C=O) groups is 1. The predicted octanol–water partition coefficient (Wildman–Crippen LogP) is 3.99. The fourth-order valence-electron chi connectivity index (χ4n) is 3.31. The Hall–Kier alpha value is -3.31. The van der Waals surface area contributed by atoms with Crippen molar-refractivity contribution < 1.29 is 14.3 Å². The standard InChI is InChI=1S/C21H20N4O3S/c1-27-14-6-8-15(9-7-14)28-13-25-11-10-18(24-25)20(26)23-21-17(12-22)16-4-2-3-5-19(16)29-21/h6-11H,2-5,13H2,1H3,(H,23,26). The third kappa shape index (κ3) is 4.10. The van der Waals surface area contributed by atoms with Gasteiger partial charge in [-0.05, 0) is 61.6 Å². The van der Waals surface area contributed by atoms with Gasteiger partial charge in [-0.2, -0.15) is 10.4 Å². The largest absolute Gasteiger partial charge is 0.497 e. The molecule has 1 N–H and O–H groups in total. The number of nitrogens with one attached hydrogen (secondary N) is 1. The smallest absolute Gasteiger partial charge is 0.276 e. The van der Waals surface area contributed by atoms with Crippen LogP contribution in [0.1, 0.15) is 39.3 Å². The minimum Gasteiger partial charge on any atom is -0.497 e. The van der Waals surface area contributed by atoms with Crippen LogP contribution >= 0.6 is 11.3 Å². The molecule has 3 aromatic rings. The quantitative estimate of drug-likeness (QED) is 0.666. The average Bonchev–Trinajstić information content (AvgIpc) is 3.36. The highest BCUT2D eigenvalue weighted by molar-refractivity contribution is 7.16. The van der Waals surface area contributed by atoms with Crippen LogP contribution in [0.15, 0.2) is 36.5 Å². The molecule has 1 aliphatic rings. The molecule has 1 aromatic carbocycles. The second kappa shape index (κ2) is 8.37. The van der Waals surface area contributed by atoms with Gasteiger partial charge in [0.05, 0.1) is 12.7 Å². The van der Waals surface area contributed by atoms with Crippen molar-refractivity contribution in [1.82, 2.24) is 9.78 Å². The molecular weight excluding hydrogens is 388 g/mol. The number of hydrogen-bond acceptors (Lipinski definition) is 6. The average molecular weight is 408 g/mol. The van der Waals surface area contributed by atoms with E-state index in [1.165, 1.54) is 16.2 Å². The lowest BCUT2D eigenvalue weighted by Gasteiger charge is -2.09. The van der Waals surface area contributed by atoms with Gasteiger partial charge in [-0.1, -0.05) is 0 Å². The molecule has 0 atom stereocenters. The maximum Gasteiger partial charge on any atom is 0.276 e. The van der Waals surface area contributed by atoms with E-state index >= 15 is 0 Å². The van der Waals surface area contributed by atoms with Crippen LogP contribution in [0.25, 0.3) is 0 Å². The molecule has 0 spiro atoms. The number of benzene rings is 1. The fourth-order valence-corrected chi connectivity index (χ4v) is 4.54. The van der Waals surface area contributed by atoms with Crippen LogP contribution in [0.3, 0.4) is 0 Å². The van der Waals surface area contributed by atoms with Gasteiger partial charge in [0, 0.05) is 11.1 Å². The number of thiophene rings is 1. The van der Waals surface area contributed by atoms with Crippen molar-refractivity contribution in [2.24, 2.45) is 0 Å². The van der Waals surface area contributed by atoms with E-state index in [4.69, 9.17) is 9.47 Å². The molecule has 0 saturated carbocycles. The minimum absolute atomic E-state index is 0.177. The first kappa shape index (κ1) is 19.0. The lowest BCUT2D eigenvalue weighted by atomic mass is 9.96. The summed E-state index contributed by atoms with van der Waals surface area (Å²) in [5.74, 6) is 1.10. The molecule has 0 unspecified atom stereocenters. The molecule has 1 amide bonds. The summed E-state index contributed by atoms with van der Waals surface area (Å²) in [6.07, 6.45) is 5.78. The van der Waals surface area contributed by atoms with E-state index < -0.39 is 0 Å². The number of hydrogen-bond donors (Lipinski definition) is 1. The van der Waals surface area contributed by atoms with Gasteiger partial charge in [0.15, 0.2) is 12.4 Å². The number of nitrogens with zero attached hydrogens (tertiary/aromatic N) is 3. The topological polar surface area (TPSA) is 89.2 Å². The van der Waals surface area contributed by atoms with Crippen LogP contribution in [0.5, 0.6) is 11.5 Å². The van der Waals surface area contributed by atoms with E-state index in [9.17, 15) is 10.1 Å². The Morgan fingerprint density at radius 1 is 1.24 bits per heavy atom. The molecule has 29 heavy (non-hydrogen) atoms. The first-order valence-electron chi connectivity index (χ1n) is 9.34. The summed E-state index contributed by atoms with van der Waals surface area (Å²) < 4.78 is 12.3. The molecule has 148 valence electrons.